The highest BCUT2D eigenvalue weighted by molar-refractivity contribution is 5.71. The second-order valence-corrected chi connectivity index (χ2v) is 5.25. The Morgan fingerprint density at radius 1 is 1.07 bits per heavy atom. The molecular formula is C12H18O2. The Morgan fingerprint density at radius 2 is 1.86 bits per heavy atom. The molecular weight excluding hydrogens is 176 g/mol. The van der Waals surface area contributed by atoms with E-state index in [-0.39, 0.29) is 12.1 Å². The van der Waals surface area contributed by atoms with E-state index in [4.69, 9.17) is 4.74 Å². The van der Waals surface area contributed by atoms with E-state index in [0.29, 0.717) is 12.3 Å². The predicted molar refractivity (Wildman–Crippen MR) is 52.7 cm³/mol. The predicted octanol–water partition coefficient (Wildman–Crippen LogP) is 2.52. The van der Waals surface area contributed by atoms with Gasteiger partial charge in [-0.15, -0.1) is 0 Å². The van der Waals surface area contributed by atoms with Gasteiger partial charge in [0.05, 0.1) is 0 Å². The van der Waals surface area contributed by atoms with Gasteiger partial charge in [0, 0.05) is 6.42 Å². The van der Waals surface area contributed by atoms with Gasteiger partial charge in [-0.25, -0.2) is 0 Å². The SMILES string of the molecule is O=C1CCC(C2CC3CCC2CC3)O1. The molecule has 3 aliphatic carbocycles. The quantitative estimate of drug-likeness (QED) is 0.599. The van der Waals surface area contributed by atoms with Crippen LogP contribution in [0.25, 0.3) is 0 Å². The fourth-order valence-corrected chi connectivity index (χ4v) is 3.73. The Bertz CT molecular complexity index is 241. The standard InChI is InChI=1S/C12H18O2/c13-12-6-5-11(14-12)10-7-8-1-3-9(10)4-2-8/h8-11H,1-7H2. The van der Waals surface area contributed by atoms with Crippen molar-refractivity contribution in [3.8, 4) is 0 Å². The van der Waals surface area contributed by atoms with Crippen LogP contribution in [0.4, 0.5) is 0 Å². The van der Waals surface area contributed by atoms with E-state index < -0.39 is 0 Å². The molecule has 14 heavy (non-hydrogen) atoms. The lowest BCUT2D eigenvalue weighted by atomic mass is 9.63. The van der Waals surface area contributed by atoms with Gasteiger partial charge in [-0.2, -0.15) is 0 Å². The van der Waals surface area contributed by atoms with Gasteiger partial charge in [0.1, 0.15) is 6.10 Å². The number of carbonyl (C=O) groups excluding carboxylic acids is 1. The van der Waals surface area contributed by atoms with E-state index in [1.165, 1.54) is 32.1 Å². The third kappa shape index (κ3) is 1.35. The van der Waals surface area contributed by atoms with E-state index in [9.17, 15) is 4.79 Å². The van der Waals surface area contributed by atoms with E-state index in [0.717, 1.165) is 18.3 Å². The van der Waals surface area contributed by atoms with Crippen LogP contribution < -0.4 is 0 Å². The van der Waals surface area contributed by atoms with Gasteiger partial charge in [-0.3, -0.25) is 4.79 Å². The lowest BCUT2D eigenvalue weighted by Gasteiger charge is -2.44. The molecule has 0 N–H and O–H groups in total. The van der Waals surface area contributed by atoms with E-state index in [2.05, 4.69) is 0 Å². The Labute approximate surface area is 85.0 Å². The van der Waals surface area contributed by atoms with Crippen LogP contribution in [0, 0.1) is 17.8 Å². The highest BCUT2D eigenvalue weighted by Gasteiger charge is 2.42. The fraction of sp³-hybridized carbons (Fsp3) is 0.917. The third-order valence-electron chi connectivity index (χ3n) is 4.50. The molecule has 2 heteroatoms. The van der Waals surface area contributed by atoms with Crippen molar-refractivity contribution in [3.63, 3.8) is 0 Å². The summed E-state index contributed by atoms with van der Waals surface area (Å²) in [5, 5.41) is 0. The van der Waals surface area contributed by atoms with E-state index >= 15 is 0 Å². The summed E-state index contributed by atoms with van der Waals surface area (Å²) >= 11 is 0. The Hall–Kier alpha value is -0.530. The molecule has 0 amide bonds. The molecule has 0 spiro atoms. The van der Waals surface area contributed by atoms with Crippen molar-refractivity contribution < 1.29 is 9.53 Å². The lowest BCUT2D eigenvalue weighted by Crippen LogP contribution is -2.38. The molecule has 1 saturated heterocycles. The summed E-state index contributed by atoms with van der Waals surface area (Å²) in [6.45, 7) is 0. The molecule has 2 nitrogen and oxygen atoms in total. The summed E-state index contributed by atoms with van der Waals surface area (Å²) in [5.41, 5.74) is 0. The molecule has 2 atom stereocenters. The largest absolute Gasteiger partial charge is 0.462 e. The van der Waals surface area contributed by atoms with E-state index in [1.807, 2.05) is 0 Å². The summed E-state index contributed by atoms with van der Waals surface area (Å²) in [6, 6.07) is 0. The van der Waals surface area contributed by atoms with Crippen molar-refractivity contribution >= 4 is 5.97 Å². The molecule has 78 valence electrons. The first-order valence-electron chi connectivity index (χ1n) is 6.02. The first-order valence-corrected chi connectivity index (χ1v) is 6.02. The van der Waals surface area contributed by atoms with Gasteiger partial charge in [-0.05, 0) is 43.4 Å². The number of esters is 1. The lowest BCUT2D eigenvalue weighted by molar-refractivity contribution is -0.145. The van der Waals surface area contributed by atoms with Crippen molar-refractivity contribution in [1.82, 2.24) is 0 Å². The number of cyclic esters (lactones) is 1. The van der Waals surface area contributed by atoms with Crippen LogP contribution >= 0.6 is 0 Å². The first kappa shape index (κ1) is 8.75. The fourth-order valence-electron chi connectivity index (χ4n) is 3.73. The topological polar surface area (TPSA) is 26.3 Å². The molecule has 1 heterocycles. The first-order chi connectivity index (χ1) is 6.83. The molecule has 2 bridgehead atoms. The van der Waals surface area contributed by atoms with Gasteiger partial charge in [0.2, 0.25) is 0 Å². The second kappa shape index (κ2) is 3.25. The number of ether oxygens (including phenoxy) is 1. The molecule has 0 aromatic carbocycles. The minimum atomic E-state index is 0.0384. The van der Waals surface area contributed by atoms with Gasteiger partial charge >= 0.3 is 5.97 Å². The number of fused-ring (bicyclic) bond motifs is 3. The zero-order chi connectivity index (χ0) is 9.54. The maximum atomic E-state index is 11.1. The van der Waals surface area contributed by atoms with Crippen molar-refractivity contribution in [3.05, 3.63) is 0 Å². The number of rotatable bonds is 1. The zero-order valence-corrected chi connectivity index (χ0v) is 8.58. The molecule has 4 rings (SSSR count). The van der Waals surface area contributed by atoms with Gasteiger partial charge in [-0.1, -0.05) is 12.8 Å². The van der Waals surface area contributed by atoms with Crippen molar-refractivity contribution in [2.24, 2.45) is 17.8 Å². The van der Waals surface area contributed by atoms with Crippen molar-refractivity contribution in [2.75, 3.05) is 0 Å². The Balaban J connectivity index is 1.70. The van der Waals surface area contributed by atoms with Gasteiger partial charge in [0.25, 0.3) is 0 Å². The average Bonchev–Trinajstić information content (AvgIpc) is 2.66. The van der Waals surface area contributed by atoms with Crippen LogP contribution in [0.5, 0.6) is 0 Å². The summed E-state index contributed by atoms with van der Waals surface area (Å²) in [6.07, 6.45) is 8.93. The average molecular weight is 194 g/mol. The Morgan fingerprint density at radius 3 is 2.36 bits per heavy atom. The van der Waals surface area contributed by atoms with Crippen LogP contribution in [0.1, 0.15) is 44.9 Å². The van der Waals surface area contributed by atoms with Crippen molar-refractivity contribution in [1.29, 1.82) is 0 Å². The third-order valence-corrected chi connectivity index (χ3v) is 4.50. The number of hydrogen-bond acceptors (Lipinski definition) is 2. The summed E-state index contributed by atoms with van der Waals surface area (Å²) in [5.74, 6) is 2.57. The van der Waals surface area contributed by atoms with E-state index in [1.54, 1.807) is 0 Å². The van der Waals surface area contributed by atoms with Crippen molar-refractivity contribution in [2.45, 2.75) is 51.0 Å². The maximum Gasteiger partial charge on any atom is 0.306 e. The number of carbonyl (C=O) groups is 1. The van der Waals surface area contributed by atoms with Crippen LogP contribution in [0.2, 0.25) is 0 Å². The molecule has 2 unspecified atom stereocenters. The summed E-state index contributed by atoms with van der Waals surface area (Å²) in [4.78, 5) is 11.1. The van der Waals surface area contributed by atoms with Crippen LogP contribution in [0.3, 0.4) is 0 Å². The molecule has 4 aliphatic rings. The molecule has 4 fully saturated rings. The van der Waals surface area contributed by atoms with Gasteiger partial charge in [0.15, 0.2) is 0 Å². The zero-order valence-electron chi connectivity index (χ0n) is 8.58. The highest BCUT2D eigenvalue weighted by atomic mass is 16.5. The molecule has 0 radical (unpaired) electrons. The molecule has 1 aliphatic heterocycles. The highest BCUT2D eigenvalue weighted by Crippen LogP contribution is 2.48. The second-order valence-electron chi connectivity index (χ2n) is 5.25. The summed E-state index contributed by atoms with van der Waals surface area (Å²) in [7, 11) is 0. The molecule has 0 aromatic rings. The van der Waals surface area contributed by atoms with Crippen LogP contribution in [0.15, 0.2) is 0 Å². The van der Waals surface area contributed by atoms with Crippen LogP contribution in [-0.4, -0.2) is 12.1 Å². The minimum absolute atomic E-state index is 0.0384. The normalized spacial score (nSPS) is 46.7. The molecule has 3 saturated carbocycles. The Kier molecular flexibility index (Phi) is 2.03. The molecule has 0 aromatic heterocycles. The monoisotopic (exact) mass is 194 g/mol. The minimum Gasteiger partial charge on any atom is -0.462 e. The van der Waals surface area contributed by atoms with Gasteiger partial charge < -0.3 is 4.74 Å². The van der Waals surface area contributed by atoms with Crippen LogP contribution in [-0.2, 0) is 9.53 Å². The smallest absolute Gasteiger partial charge is 0.306 e. The number of hydrogen-bond donors (Lipinski definition) is 0. The maximum absolute atomic E-state index is 11.1. The summed E-state index contributed by atoms with van der Waals surface area (Å²) < 4.78 is 5.41.